The Balaban J connectivity index is 0.00000261. The molecule has 1 fully saturated rings. The first-order valence-electron chi connectivity index (χ1n) is 9.19. The zero-order valence-corrected chi connectivity index (χ0v) is 18.1. The minimum Gasteiger partial charge on any atom is -0.468 e. The topological polar surface area (TPSA) is 76.0 Å². The summed E-state index contributed by atoms with van der Waals surface area (Å²) in [5.74, 6) is 1.35. The molecule has 0 radical (unpaired) electrons. The molecule has 0 aliphatic carbocycles. The Morgan fingerprint density at radius 3 is 2.70 bits per heavy atom. The third-order valence-corrected chi connectivity index (χ3v) is 4.72. The molecule has 0 bridgehead atoms. The van der Waals surface area contributed by atoms with E-state index < -0.39 is 0 Å². The van der Waals surface area contributed by atoms with E-state index in [1.165, 1.54) is 19.3 Å². The molecule has 1 saturated heterocycles. The first kappa shape index (κ1) is 21.7. The lowest BCUT2D eigenvalue weighted by Gasteiger charge is -2.32. The summed E-state index contributed by atoms with van der Waals surface area (Å²) < 4.78 is 10.9. The molecule has 1 aliphatic heterocycles. The highest BCUT2D eigenvalue weighted by Crippen LogP contribution is 2.25. The highest BCUT2D eigenvalue weighted by molar-refractivity contribution is 14.0. The van der Waals surface area contributed by atoms with E-state index in [0.717, 1.165) is 30.1 Å². The summed E-state index contributed by atoms with van der Waals surface area (Å²) >= 11 is 0. The Bertz CT molecular complexity index is 700. The molecule has 3 N–H and O–H groups in total. The van der Waals surface area contributed by atoms with E-state index >= 15 is 0 Å². The van der Waals surface area contributed by atoms with Gasteiger partial charge in [-0.3, -0.25) is 9.89 Å². The van der Waals surface area contributed by atoms with Crippen molar-refractivity contribution in [1.82, 2.24) is 4.90 Å². The van der Waals surface area contributed by atoms with Gasteiger partial charge in [0.25, 0.3) is 0 Å². The monoisotopic (exact) mass is 484 g/mol. The minimum atomic E-state index is 0. The van der Waals surface area contributed by atoms with Crippen LogP contribution in [-0.2, 0) is 11.3 Å². The van der Waals surface area contributed by atoms with Crippen LogP contribution in [0.5, 0.6) is 0 Å². The summed E-state index contributed by atoms with van der Waals surface area (Å²) in [4.78, 5) is 7.04. The number of aliphatic imine (C=N–C) groups is 1. The predicted molar refractivity (Wildman–Crippen MR) is 120 cm³/mol. The molecule has 2 heterocycles. The molecule has 0 spiro atoms. The third-order valence-electron chi connectivity index (χ3n) is 4.72. The van der Waals surface area contributed by atoms with Crippen molar-refractivity contribution < 1.29 is 9.15 Å². The maximum atomic E-state index is 6.15. The Morgan fingerprint density at radius 2 is 2.00 bits per heavy atom. The standard InChI is InChI=1S/C20H28N4O2.HI/c1-25-15-16-8-3-4-9-17(16)23-20(21)22-14-18(19-10-7-13-26-19)24-11-5-2-6-12-24;/h3-4,7-10,13,18H,2,5-6,11-12,14-15H2,1H3,(H3,21,22,23);1H. The number of halogens is 1. The van der Waals surface area contributed by atoms with Crippen LogP contribution in [0.15, 0.2) is 52.1 Å². The molecule has 0 amide bonds. The number of nitrogens with one attached hydrogen (secondary N) is 1. The fraction of sp³-hybridized carbons (Fsp3) is 0.450. The number of piperidine rings is 1. The Hall–Kier alpha value is -1.58. The van der Waals surface area contributed by atoms with Gasteiger partial charge in [0.15, 0.2) is 5.96 Å². The van der Waals surface area contributed by atoms with Gasteiger partial charge in [-0.1, -0.05) is 24.6 Å². The van der Waals surface area contributed by atoms with E-state index in [4.69, 9.17) is 14.9 Å². The summed E-state index contributed by atoms with van der Waals surface area (Å²) in [6.07, 6.45) is 5.46. The second-order valence-corrected chi connectivity index (χ2v) is 6.57. The number of anilines is 1. The zero-order valence-electron chi connectivity index (χ0n) is 15.8. The van der Waals surface area contributed by atoms with Crippen LogP contribution in [0.1, 0.15) is 36.6 Å². The van der Waals surface area contributed by atoms with Crippen LogP contribution in [0.4, 0.5) is 5.69 Å². The first-order chi connectivity index (χ1) is 12.8. The number of rotatable bonds is 7. The lowest BCUT2D eigenvalue weighted by atomic mass is 10.1. The maximum absolute atomic E-state index is 6.15. The number of hydrogen-bond donors (Lipinski definition) is 2. The molecule has 7 heteroatoms. The van der Waals surface area contributed by atoms with Crippen LogP contribution >= 0.6 is 24.0 Å². The van der Waals surface area contributed by atoms with Crippen LogP contribution in [0, 0.1) is 0 Å². The van der Waals surface area contributed by atoms with E-state index in [1.54, 1.807) is 13.4 Å². The van der Waals surface area contributed by atoms with Crippen LogP contribution in [0.2, 0.25) is 0 Å². The number of nitrogens with two attached hydrogens (primary N) is 1. The lowest BCUT2D eigenvalue weighted by molar-refractivity contribution is 0.150. The second kappa shape index (κ2) is 11.3. The fourth-order valence-electron chi connectivity index (χ4n) is 3.38. The third kappa shape index (κ3) is 6.22. The van der Waals surface area contributed by atoms with Crippen molar-refractivity contribution in [2.45, 2.75) is 31.9 Å². The molecule has 1 aromatic heterocycles. The van der Waals surface area contributed by atoms with E-state index in [9.17, 15) is 0 Å². The van der Waals surface area contributed by atoms with Crippen molar-refractivity contribution in [3.8, 4) is 0 Å². The number of nitrogens with zero attached hydrogens (tertiary/aromatic N) is 2. The van der Waals surface area contributed by atoms with Crippen LogP contribution in [-0.4, -0.2) is 37.6 Å². The zero-order chi connectivity index (χ0) is 18.2. The molecular formula is C20H29IN4O2. The number of methoxy groups -OCH3 is 1. The average Bonchev–Trinajstić information content (AvgIpc) is 3.19. The molecule has 3 rings (SSSR count). The number of furan rings is 1. The number of para-hydroxylation sites is 1. The second-order valence-electron chi connectivity index (χ2n) is 6.57. The molecular weight excluding hydrogens is 455 g/mol. The number of hydrogen-bond acceptors (Lipinski definition) is 4. The van der Waals surface area contributed by atoms with Gasteiger partial charge in [-0.25, -0.2) is 0 Å². The van der Waals surface area contributed by atoms with Crippen LogP contribution in [0.3, 0.4) is 0 Å². The Labute approximate surface area is 178 Å². The van der Waals surface area contributed by atoms with Crippen molar-refractivity contribution in [2.24, 2.45) is 10.7 Å². The predicted octanol–water partition coefficient (Wildman–Crippen LogP) is 4.00. The van der Waals surface area contributed by atoms with Gasteiger partial charge in [-0.2, -0.15) is 0 Å². The molecule has 148 valence electrons. The van der Waals surface area contributed by atoms with Gasteiger partial charge in [0.1, 0.15) is 5.76 Å². The Morgan fingerprint density at radius 1 is 1.22 bits per heavy atom. The van der Waals surface area contributed by atoms with Gasteiger partial charge < -0.3 is 20.2 Å². The fourth-order valence-corrected chi connectivity index (χ4v) is 3.38. The normalized spacial score (nSPS) is 16.6. The largest absolute Gasteiger partial charge is 0.468 e. The van der Waals surface area contributed by atoms with Gasteiger partial charge >= 0.3 is 0 Å². The van der Waals surface area contributed by atoms with Gasteiger partial charge in [-0.05, 0) is 44.1 Å². The molecule has 2 aromatic rings. The van der Waals surface area contributed by atoms with Gasteiger partial charge in [0.05, 0.1) is 25.5 Å². The van der Waals surface area contributed by atoms with Crippen molar-refractivity contribution in [3.63, 3.8) is 0 Å². The van der Waals surface area contributed by atoms with Crippen LogP contribution < -0.4 is 11.1 Å². The average molecular weight is 484 g/mol. The van der Waals surface area contributed by atoms with Crippen molar-refractivity contribution in [3.05, 3.63) is 54.0 Å². The number of ether oxygens (including phenoxy) is 1. The van der Waals surface area contributed by atoms with Gasteiger partial charge in [0, 0.05) is 18.4 Å². The van der Waals surface area contributed by atoms with Crippen molar-refractivity contribution in [2.75, 3.05) is 32.1 Å². The van der Waals surface area contributed by atoms with E-state index in [1.807, 2.05) is 36.4 Å². The summed E-state index contributed by atoms with van der Waals surface area (Å²) in [5, 5.41) is 3.20. The highest BCUT2D eigenvalue weighted by Gasteiger charge is 2.24. The molecule has 1 aliphatic rings. The molecule has 1 aromatic carbocycles. The number of guanidine groups is 1. The van der Waals surface area contributed by atoms with Gasteiger partial charge in [0.2, 0.25) is 0 Å². The molecule has 1 unspecified atom stereocenters. The molecule has 1 atom stereocenters. The molecule has 6 nitrogen and oxygen atoms in total. The number of likely N-dealkylation sites (tertiary alicyclic amines) is 1. The summed E-state index contributed by atoms with van der Waals surface area (Å²) in [7, 11) is 1.68. The van der Waals surface area contributed by atoms with E-state index in [-0.39, 0.29) is 30.0 Å². The number of benzene rings is 1. The maximum Gasteiger partial charge on any atom is 0.193 e. The SMILES string of the molecule is COCc1ccccc1NC(N)=NCC(c1ccco1)N1CCCCC1.I. The van der Waals surface area contributed by atoms with Crippen LogP contribution in [0.25, 0.3) is 0 Å². The highest BCUT2D eigenvalue weighted by atomic mass is 127. The smallest absolute Gasteiger partial charge is 0.193 e. The quantitative estimate of drug-likeness (QED) is 0.353. The minimum absolute atomic E-state index is 0. The van der Waals surface area contributed by atoms with E-state index in [0.29, 0.717) is 19.1 Å². The van der Waals surface area contributed by atoms with E-state index in [2.05, 4.69) is 15.2 Å². The summed E-state index contributed by atoms with van der Waals surface area (Å²) in [6, 6.07) is 12.0. The summed E-state index contributed by atoms with van der Waals surface area (Å²) in [6.45, 7) is 3.24. The first-order valence-corrected chi connectivity index (χ1v) is 9.19. The van der Waals surface area contributed by atoms with Gasteiger partial charge in [-0.15, -0.1) is 24.0 Å². The van der Waals surface area contributed by atoms with Crippen molar-refractivity contribution >= 4 is 35.6 Å². The molecule has 0 saturated carbocycles. The van der Waals surface area contributed by atoms with Crippen molar-refractivity contribution in [1.29, 1.82) is 0 Å². The Kier molecular flexibility index (Phi) is 9.09. The lowest BCUT2D eigenvalue weighted by Crippen LogP contribution is -2.36. The molecule has 27 heavy (non-hydrogen) atoms. The summed E-state index contributed by atoms with van der Waals surface area (Å²) in [5.41, 5.74) is 8.12.